The number of ether oxygens (including phenoxy) is 2. The second kappa shape index (κ2) is 6.29. The van der Waals surface area contributed by atoms with Crippen LogP contribution in [0.3, 0.4) is 0 Å². The molecule has 27 heavy (non-hydrogen) atoms. The quantitative estimate of drug-likeness (QED) is 0.759. The fourth-order valence-corrected chi connectivity index (χ4v) is 3.29. The fourth-order valence-electron chi connectivity index (χ4n) is 3.29. The predicted octanol–water partition coefficient (Wildman–Crippen LogP) is 4.34. The Morgan fingerprint density at radius 3 is 2.59 bits per heavy atom. The molecule has 0 fully saturated rings. The third-order valence-corrected chi connectivity index (χ3v) is 4.72. The first kappa shape index (κ1) is 15.6. The van der Waals surface area contributed by atoms with Gasteiger partial charge in [-0.1, -0.05) is 30.3 Å². The highest BCUT2D eigenvalue weighted by Crippen LogP contribution is 2.33. The van der Waals surface area contributed by atoms with Crippen LogP contribution >= 0.6 is 0 Å². The third kappa shape index (κ3) is 2.93. The molecule has 5 nitrogen and oxygen atoms in total. The highest BCUT2D eigenvalue weighted by atomic mass is 16.7. The zero-order chi connectivity index (χ0) is 18.2. The molecule has 2 aliphatic heterocycles. The molecule has 2 aliphatic rings. The van der Waals surface area contributed by atoms with Crippen LogP contribution in [0.15, 0.2) is 71.7 Å². The van der Waals surface area contributed by atoms with Gasteiger partial charge in [-0.2, -0.15) is 0 Å². The summed E-state index contributed by atoms with van der Waals surface area (Å²) in [5, 5.41) is 2.91. The van der Waals surface area contributed by atoms with Crippen LogP contribution in [0.1, 0.15) is 21.5 Å². The molecule has 5 rings (SSSR count). The topological polar surface area (TPSA) is 59.9 Å². The summed E-state index contributed by atoms with van der Waals surface area (Å²) in [6.45, 7) is 0.190. The van der Waals surface area contributed by atoms with Crippen molar-refractivity contribution in [1.29, 1.82) is 0 Å². The second-order valence-corrected chi connectivity index (χ2v) is 6.46. The minimum absolute atomic E-state index is 0.188. The lowest BCUT2D eigenvalue weighted by Crippen LogP contribution is -2.12. The summed E-state index contributed by atoms with van der Waals surface area (Å²) in [6, 6.07) is 21.1. The van der Waals surface area contributed by atoms with Crippen molar-refractivity contribution in [3.63, 3.8) is 0 Å². The monoisotopic (exact) mass is 356 g/mol. The standard InChI is InChI=1S/C22H16N2O3/c25-22(16-7-10-20-21(12-16)27-13-26-20)23-17-8-5-14(6-9-17)19-11-15-3-1-2-4-18(15)24-19/h1-10,12H,11,13H2,(H,23,25). The minimum Gasteiger partial charge on any atom is -0.454 e. The molecular formula is C22H16N2O3. The van der Waals surface area contributed by atoms with Gasteiger partial charge in [-0.25, -0.2) is 0 Å². The number of amides is 1. The number of hydrogen-bond acceptors (Lipinski definition) is 4. The molecule has 0 saturated heterocycles. The first-order chi connectivity index (χ1) is 13.3. The van der Waals surface area contributed by atoms with E-state index < -0.39 is 0 Å². The molecule has 132 valence electrons. The third-order valence-electron chi connectivity index (χ3n) is 4.72. The molecule has 2 heterocycles. The van der Waals surface area contributed by atoms with Gasteiger partial charge in [0.1, 0.15) is 0 Å². The van der Waals surface area contributed by atoms with E-state index in [1.54, 1.807) is 18.2 Å². The average molecular weight is 356 g/mol. The fraction of sp³-hybridized carbons (Fsp3) is 0.0909. The Morgan fingerprint density at radius 1 is 0.926 bits per heavy atom. The average Bonchev–Trinajstić information content (AvgIpc) is 3.34. The van der Waals surface area contributed by atoms with E-state index in [0.717, 1.165) is 29.1 Å². The van der Waals surface area contributed by atoms with Crippen molar-refractivity contribution >= 4 is 23.0 Å². The van der Waals surface area contributed by atoms with Gasteiger partial charge in [-0.15, -0.1) is 0 Å². The van der Waals surface area contributed by atoms with Crippen LogP contribution in [0.5, 0.6) is 11.5 Å². The van der Waals surface area contributed by atoms with Gasteiger partial charge in [0, 0.05) is 17.7 Å². The van der Waals surface area contributed by atoms with Crippen molar-refractivity contribution in [1.82, 2.24) is 0 Å². The highest BCUT2D eigenvalue weighted by Gasteiger charge is 2.17. The van der Waals surface area contributed by atoms with E-state index in [4.69, 9.17) is 14.5 Å². The van der Waals surface area contributed by atoms with Crippen molar-refractivity contribution in [2.45, 2.75) is 6.42 Å². The Morgan fingerprint density at radius 2 is 1.74 bits per heavy atom. The smallest absolute Gasteiger partial charge is 0.255 e. The number of rotatable bonds is 3. The van der Waals surface area contributed by atoms with Gasteiger partial charge in [0.25, 0.3) is 5.91 Å². The van der Waals surface area contributed by atoms with Crippen LogP contribution in [0.2, 0.25) is 0 Å². The van der Waals surface area contributed by atoms with Crippen LogP contribution in [0, 0.1) is 0 Å². The summed E-state index contributed by atoms with van der Waals surface area (Å²) in [5.74, 6) is 1.07. The Bertz CT molecular complexity index is 1070. The number of benzene rings is 3. The van der Waals surface area contributed by atoms with Gasteiger partial charge in [-0.05, 0) is 47.5 Å². The number of nitrogens with one attached hydrogen (secondary N) is 1. The Hall–Kier alpha value is -3.60. The molecule has 0 atom stereocenters. The summed E-state index contributed by atoms with van der Waals surface area (Å²) in [7, 11) is 0. The van der Waals surface area contributed by atoms with Gasteiger partial charge >= 0.3 is 0 Å². The van der Waals surface area contributed by atoms with Crippen molar-refractivity contribution in [2.24, 2.45) is 4.99 Å². The molecule has 1 amide bonds. The van der Waals surface area contributed by atoms with Gasteiger partial charge in [0.15, 0.2) is 11.5 Å². The maximum Gasteiger partial charge on any atom is 0.255 e. The molecule has 5 heteroatoms. The number of aliphatic imine (C=N–C) groups is 1. The summed E-state index contributed by atoms with van der Waals surface area (Å²) < 4.78 is 10.6. The van der Waals surface area contributed by atoms with Crippen molar-refractivity contribution < 1.29 is 14.3 Å². The number of carbonyl (C=O) groups excluding carboxylic acids is 1. The van der Waals surface area contributed by atoms with Gasteiger partial charge in [-0.3, -0.25) is 9.79 Å². The highest BCUT2D eigenvalue weighted by molar-refractivity contribution is 6.07. The van der Waals surface area contributed by atoms with Crippen LogP contribution in [-0.4, -0.2) is 18.4 Å². The van der Waals surface area contributed by atoms with Crippen molar-refractivity contribution in [3.05, 3.63) is 83.4 Å². The van der Waals surface area contributed by atoms with E-state index in [-0.39, 0.29) is 12.7 Å². The predicted molar refractivity (Wildman–Crippen MR) is 103 cm³/mol. The lowest BCUT2D eigenvalue weighted by atomic mass is 10.0. The lowest BCUT2D eigenvalue weighted by molar-refractivity contribution is 0.102. The van der Waals surface area contributed by atoms with Crippen LogP contribution in [-0.2, 0) is 6.42 Å². The van der Waals surface area contributed by atoms with E-state index in [1.165, 1.54) is 5.56 Å². The molecule has 0 bridgehead atoms. The number of hydrogen-bond donors (Lipinski definition) is 1. The van der Waals surface area contributed by atoms with E-state index >= 15 is 0 Å². The summed E-state index contributed by atoms with van der Waals surface area (Å²) in [5.41, 5.74) is 5.65. The van der Waals surface area contributed by atoms with E-state index in [1.807, 2.05) is 42.5 Å². The number of para-hydroxylation sites is 1. The Labute approximate surface area is 156 Å². The first-order valence-corrected chi connectivity index (χ1v) is 8.73. The molecule has 3 aromatic rings. The zero-order valence-electron chi connectivity index (χ0n) is 14.4. The largest absolute Gasteiger partial charge is 0.454 e. The number of fused-ring (bicyclic) bond motifs is 2. The number of nitrogens with zero attached hydrogens (tertiary/aromatic N) is 1. The normalized spacial score (nSPS) is 13.9. The SMILES string of the molecule is O=C(Nc1ccc(C2=Nc3ccccc3C2)cc1)c1ccc2c(c1)OCO2. The van der Waals surface area contributed by atoms with Gasteiger partial charge < -0.3 is 14.8 Å². The minimum atomic E-state index is -0.188. The molecule has 3 aromatic carbocycles. The molecule has 0 unspecified atom stereocenters. The second-order valence-electron chi connectivity index (χ2n) is 6.46. The molecule has 0 aromatic heterocycles. The van der Waals surface area contributed by atoms with E-state index in [0.29, 0.717) is 17.1 Å². The maximum atomic E-state index is 12.5. The van der Waals surface area contributed by atoms with Crippen LogP contribution in [0.25, 0.3) is 0 Å². The van der Waals surface area contributed by atoms with Gasteiger partial charge in [0.2, 0.25) is 6.79 Å². The maximum absolute atomic E-state index is 12.5. The van der Waals surface area contributed by atoms with Crippen LogP contribution < -0.4 is 14.8 Å². The summed E-state index contributed by atoms with van der Waals surface area (Å²) >= 11 is 0. The Kier molecular flexibility index (Phi) is 3.64. The number of anilines is 1. The molecular weight excluding hydrogens is 340 g/mol. The van der Waals surface area contributed by atoms with Crippen molar-refractivity contribution in [3.8, 4) is 11.5 Å². The van der Waals surface area contributed by atoms with Gasteiger partial charge in [0.05, 0.1) is 11.4 Å². The van der Waals surface area contributed by atoms with Crippen LogP contribution in [0.4, 0.5) is 11.4 Å². The number of carbonyl (C=O) groups is 1. The van der Waals surface area contributed by atoms with E-state index in [9.17, 15) is 4.79 Å². The summed E-state index contributed by atoms with van der Waals surface area (Å²) in [6.07, 6.45) is 0.832. The molecule has 0 radical (unpaired) electrons. The molecule has 0 spiro atoms. The lowest BCUT2D eigenvalue weighted by Gasteiger charge is -2.07. The van der Waals surface area contributed by atoms with E-state index in [2.05, 4.69) is 11.4 Å². The van der Waals surface area contributed by atoms with Crippen molar-refractivity contribution in [2.75, 3.05) is 12.1 Å². The Balaban J connectivity index is 1.31. The molecule has 0 aliphatic carbocycles. The zero-order valence-corrected chi connectivity index (χ0v) is 14.4. The summed E-state index contributed by atoms with van der Waals surface area (Å²) in [4.78, 5) is 17.2. The first-order valence-electron chi connectivity index (χ1n) is 8.73. The molecule has 1 N–H and O–H groups in total. The molecule has 0 saturated carbocycles.